The van der Waals surface area contributed by atoms with Crippen molar-refractivity contribution in [2.75, 3.05) is 19.6 Å². The van der Waals surface area contributed by atoms with Crippen LogP contribution >= 0.6 is 11.6 Å². The van der Waals surface area contributed by atoms with E-state index in [1.54, 1.807) is 6.92 Å². The number of halogens is 1. The molecule has 1 amide bonds. The first-order valence-electron chi connectivity index (χ1n) is 7.26. The van der Waals surface area contributed by atoms with Crippen molar-refractivity contribution in [3.8, 4) is 0 Å². The van der Waals surface area contributed by atoms with Crippen LogP contribution < -0.4 is 0 Å². The number of hydrogen-bond acceptors (Lipinski definition) is 3. The summed E-state index contributed by atoms with van der Waals surface area (Å²) in [6.45, 7) is 5.49. The minimum Gasteiger partial charge on any atom is -0.343 e. The third-order valence-corrected chi connectivity index (χ3v) is 4.72. The van der Waals surface area contributed by atoms with Crippen LogP contribution in [-0.2, 0) is 17.8 Å². The predicted octanol–water partition coefficient (Wildman–Crippen LogP) is 2.10. The largest absolute Gasteiger partial charge is 0.343 e. The van der Waals surface area contributed by atoms with Crippen LogP contribution in [0.1, 0.15) is 30.9 Å². The van der Waals surface area contributed by atoms with Gasteiger partial charge in [0.15, 0.2) is 0 Å². The first-order chi connectivity index (χ1) is 9.63. The number of pyridine rings is 1. The van der Waals surface area contributed by atoms with Gasteiger partial charge < -0.3 is 4.90 Å². The number of hydrogen-bond donors (Lipinski definition) is 0. The van der Waals surface area contributed by atoms with E-state index in [4.69, 9.17) is 11.6 Å². The summed E-state index contributed by atoms with van der Waals surface area (Å²) in [5.41, 5.74) is 2.64. The molecule has 0 atom stereocenters. The fourth-order valence-corrected chi connectivity index (χ4v) is 3.47. The fourth-order valence-electron chi connectivity index (χ4n) is 3.29. The highest BCUT2D eigenvalue weighted by molar-refractivity contribution is 6.29. The summed E-state index contributed by atoms with van der Waals surface area (Å²) in [6, 6.07) is 2.58. The number of rotatable bonds is 1. The number of amides is 1. The molecule has 1 saturated heterocycles. The van der Waals surface area contributed by atoms with Crippen LogP contribution in [0.5, 0.6) is 0 Å². The summed E-state index contributed by atoms with van der Waals surface area (Å²) in [7, 11) is 0. The Kier molecular flexibility index (Phi) is 3.94. The van der Waals surface area contributed by atoms with Gasteiger partial charge in [0.05, 0.1) is 0 Å². The van der Waals surface area contributed by atoms with Gasteiger partial charge in [0.2, 0.25) is 5.91 Å². The minimum absolute atomic E-state index is 0.200. The molecule has 4 nitrogen and oxygen atoms in total. The zero-order valence-electron chi connectivity index (χ0n) is 11.8. The third kappa shape index (κ3) is 2.81. The lowest BCUT2D eigenvalue weighted by atomic mass is 9.96. The van der Waals surface area contributed by atoms with Gasteiger partial charge >= 0.3 is 0 Å². The van der Waals surface area contributed by atoms with E-state index >= 15 is 0 Å². The Labute approximate surface area is 124 Å². The number of aromatic nitrogens is 1. The summed E-state index contributed by atoms with van der Waals surface area (Å²) in [6.07, 6.45) is 5.12. The molecule has 0 aromatic carbocycles. The molecule has 1 aromatic heterocycles. The van der Waals surface area contributed by atoms with Crippen LogP contribution in [-0.4, -0.2) is 46.4 Å². The van der Waals surface area contributed by atoms with Gasteiger partial charge in [-0.1, -0.05) is 11.6 Å². The summed E-state index contributed by atoms with van der Waals surface area (Å²) in [5.74, 6) is 0.200. The van der Waals surface area contributed by atoms with E-state index in [1.807, 2.05) is 17.2 Å². The third-order valence-electron chi connectivity index (χ3n) is 4.52. The lowest BCUT2D eigenvalue weighted by molar-refractivity contribution is -0.130. The lowest BCUT2D eigenvalue weighted by Crippen LogP contribution is -2.47. The molecule has 0 radical (unpaired) electrons. The first-order valence-corrected chi connectivity index (χ1v) is 7.64. The Bertz CT molecular complexity index is 512. The molecule has 2 aliphatic heterocycles. The van der Waals surface area contributed by atoms with E-state index in [9.17, 15) is 4.79 Å². The monoisotopic (exact) mass is 293 g/mol. The molecule has 0 spiro atoms. The highest BCUT2D eigenvalue weighted by atomic mass is 35.5. The van der Waals surface area contributed by atoms with Gasteiger partial charge in [0.1, 0.15) is 5.15 Å². The quantitative estimate of drug-likeness (QED) is 0.744. The lowest BCUT2D eigenvalue weighted by Gasteiger charge is -2.40. The number of fused-ring (bicyclic) bond motifs is 1. The van der Waals surface area contributed by atoms with Crippen LogP contribution in [0.4, 0.5) is 0 Å². The van der Waals surface area contributed by atoms with Gasteiger partial charge in [0, 0.05) is 45.3 Å². The summed E-state index contributed by atoms with van der Waals surface area (Å²) < 4.78 is 0. The smallest absolute Gasteiger partial charge is 0.219 e. The molecule has 0 saturated carbocycles. The van der Waals surface area contributed by atoms with Crippen molar-refractivity contribution in [2.45, 2.75) is 38.8 Å². The van der Waals surface area contributed by atoms with Gasteiger partial charge in [-0.05, 0) is 36.5 Å². The Hall–Kier alpha value is -1.13. The molecule has 2 aliphatic rings. The average molecular weight is 294 g/mol. The molecular formula is C15H20ClN3O. The van der Waals surface area contributed by atoms with Crippen molar-refractivity contribution < 1.29 is 4.79 Å². The standard InChI is InChI=1S/C15H20ClN3O/c1-11(20)18-6-3-14(4-7-18)19-5-2-12-8-15(16)17-9-13(12)10-19/h8-9,14H,2-7,10H2,1H3. The van der Waals surface area contributed by atoms with E-state index in [0.717, 1.165) is 45.4 Å². The van der Waals surface area contributed by atoms with E-state index < -0.39 is 0 Å². The van der Waals surface area contributed by atoms with Gasteiger partial charge in [-0.25, -0.2) is 4.98 Å². The normalized spacial score (nSPS) is 20.8. The van der Waals surface area contributed by atoms with Crippen LogP contribution in [0.2, 0.25) is 5.15 Å². The molecule has 20 heavy (non-hydrogen) atoms. The molecule has 0 N–H and O–H groups in total. The number of nitrogens with zero attached hydrogens (tertiary/aromatic N) is 3. The highest BCUT2D eigenvalue weighted by Gasteiger charge is 2.28. The predicted molar refractivity (Wildman–Crippen MR) is 78.6 cm³/mol. The Morgan fingerprint density at radius 1 is 1.30 bits per heavy atom. The van der Waals surface area contributed by atoms with Crippen molar-refractivity contribution >= 4 is 17.5 Å². The van der Waals surface area contributed by atoms with Gasteiger partial charge in [-0.15, -0.1) is 0 Å². The maximum absolute atomic E-state index is 11.4. The molecule has 0 bridgehead atoms. The number of piperidine rings is 1. The number of carbonyl (C=O) groups excluding carboxylic acids is 1. The number of carbonyl (C=O) groups is 1. The molecule has 3 rings (SSSR count). The minimum atomic E-state index is 0.200. The Morgan fingerprint density at radius 2 is 2.05 bits per heavy atom. The zero-order valence-corrected chi connectivity index (χ0v) is 12.6. The topological polar surface area (TPSA) is 36.4 Å². The summed E-state index contributed by atoms with van der Waals surface area (Å²) in [4.78, 5) is 20.1. The van der Waals surface area contributed by atoms with Crippen LogP contribution in [0.25, 0.3) is 0 Å². The molecule has 1 fully saturated rings. The second-order valence-corrected chi connectivity index (χ2v) is 6.12. The molecule has 3 heterocycles. The van der Waals surface area contributed by atoms with Crippen molar-refractivity contribution in [2.24, 2.45) is 0 Å². The van der Waals surface area contributed by atoms with Crippen LogP contribution in [0.3, 0.4) is 0 Å². The highest BCUT2D eigenvalue weighted by Crippen LogP contribution is 2.25. The van der Waals surface area contributed by atoms with Crippen LogP contribution in [0.15, 0.2) is 12.3 Å². The Morgan fingerprint density at radius 3 is 2.75 bits per heavy atom. The average Bonchev–Trinajstić information content (AvgIpc) is 2.47. The van der Waals surface area contributed by atoms with E-state index in [1.165, 1.54) is 11.1 Å². The first kappa shape index (κ1) is 13.8. The maximum Gasteiger partial charge on any atom is 0.219 e. The van der Waals surface area contributed by atoms with Crippen molar-refractivity contribution in [3.63, 3.8) is 0 Å². The van der Waals surface area contributed by atoms with E-state index in [2.05, 4.69) is 9.88 Å². The molecule has 0 aliphatic carbocycles. The summed E-state index contributed by atoms with van der Waals surface area (Å²) in [5, 5.41) is 0.590. The van der Waals surface area contributed by atoms with Crippen LogP contribution in [0, 0.1) is 0 Å². The van der Waals surface area contributed by atoms with E-state index in [-0.39, 0.29) is 5.91 Å². The van der Waals surface area contributed by atoms with E-state index in [0.29, 0.717) is 11.2 Å². The van der Waals surface area contributed by atoms with Gasteiger partial charge in [0.25, 0.3) is 0 Å². The number of likely N-dealkylation sites (tertiary alicyclic amines) is 1. The maximum atomic E-state index is 11.4. The van der Waals surface area contributed by atoms with Gasteiger partial charge in [-0.3, -0.25) is 9.69 Å². The zero-order chi connectivity index (χ0) is 14.1. The summed E-state index contributed by atoms with van der Waals surface area (Å²) >= 11 is 5.95. The van der Waals surface area contributed by atoms with Crippen molar-refractivity contribution in [1.29, 1.82) is 0 Å². The Balaban J connectivity index is 1.63. The second kappa shape index (κ2) is 5.70. The SMILES string of the molecule is CC(=O)N1CCC(N2CCc3cc(Cl)ncc3C2)CC1. The molecular weight excluding hydrogens is 274 g/mol. The molecule has 108 valence electrons. The molecule has 1 aromatic rings. The van der Waals surface area contributed by atoms with Gasteiger partial charge in [-0.2, -0.15) is 0 Å². The molecule has 0 unspecified atom stereocenters. The second-order valence-electron chi connectivity index (χ2n) is 5.73. The molecule has 5 heteroatoms. The fraction of sp³-hybridized carbons (Fsp3) is 0.600. The van der Waals surface area contributed by atoms with Crippen molar-refractivity contribution in [3.05, 3.63) is 28.5 Å². The van der Waals surface area contributed by atoms with Crippen molar-refractivity contribution in [1.82, 2.24) is 14.8 Å².